The summed E-state index contributed by atoms with van der Waals surface area (Å²) in [5.41, 5.74) is 6.04. The average Bonchev–Trinajstić information content (AvgIpc) is 2.49. The number of nitrogens with zero attached hydrogens (tertiary/aromatic N) is 1. The van der Waals surface area contributed by atoms with Crippen molar-refractivity contribution in [1.82, 2.24) is 15.8 Å². The summed E-state index contributed by atoms with van der Waals surface area (Å²) in [4.78, 5) is 29.0. The molecule has 2 unspecified atom stereocenters. The van der Waals surface area contributed by atoms with Gasteiger partial charge in [-0.1, -0.05) is 13.8 Å². The van der Waals surface area contributed by atoms with Crippen LogP contribution < -0.4 is 10.9 Å². The van der Waals surface area contributed by atoms with E-state index in [1.807, 2.05) is 0 Å². The molecule has 0 saturated heterocycles. The van der Waals surface area contributed by atoms with Gasteiger partial charge < -0.3 is 0 Å². The van der Waals surface area contributed by atoms with Crippen LogP contribution in [0.5, 0.6) is 0 Å². The largest absolute Gasteiger partial charge is 0.273 e. The molecule has 0 spiro atoms. The van der Waals surface area contributed by atoms with Crippen molar-refractivity contribution < 1.29 is 9.59 Å². The maximum absolute atomic E-state index is 13.0. The third-order valence-electron chi connectivity index (χ3n) is 6.34. The van der Waals surface area contributed by atoms with Gasteiger partial charge in [-0.25, -0.2) is 0 Å². The quantitative estimate of drug-likeness (QED) is 0.792. The van der Waals surface area contributed by atoms with Gasteiger partial charge in [0.15, 0.2) is 0 Å². The van der Waals surface area contributed by atoms with Crippen LogP contribution in [0.3, 0.4) is 0 Å². The molecule has 1 aromatic rings. The number of pyridine rings is 1. The van der Waals surface area contributed by atoms with Crippen LogP contribution in [0.2, 0.25) is 0 Å². The fraction of sp³-hybridized carbons (Fsp3) is 0.632. The average molecular weight is 364 g/mol. The van der Waals surface area contributed by atoms with Gasteiger partial charge in [-0.3, -0.25) is 25.4 Å². The van der Waals surface area contributed by atoms with Gasteiger partial charge in [0.1, 0.15) is 0 Å². The van der Waals surface area contributed by atoms with E-state index in [0.29, 0.717) is 11.5 Å². The highest BCUT2D eigenvalue weighted by Gasteiger charge is 2.62. The summed E-state index contributed by atoms with van der Waals surface area (Å²) in [7, 11) is 0. The molecule has 4 fully saturated rings. The van der Waals surface area contributed by atoms with Crippen LogP contribution in [-0.4, -0.2) is 16.8 Å². The number of halogens is 1. The third-order valence-corrected chi connectivity index (χ3v) is 6.34. The number of carbonyl (C=O) groups excluding carboxylic acids is 2. The molecule has 4 aliphatic rings. The van der Waals surface area contributed by atoms with E-state index < -0.39 is 0 Å². The van der Waals surface area contributed by atoms with Gasteiger partial charge in [0.25, 0.3) is 5.91 Å². The predicted octanol–water partition coefficient (Wildman–Crippen LogP) is 3.26. The van der Waals surface area contributed by atoms with Crippen molar-refractivity contribution in [3.05, 3.63) is 30.1 Å². The molecule has 0 aliphatic heterocycles. The van der Waals surface area contributed by atoms with Gasteiger partial charge in [-0.2, -0.15) is 0 Å². The van der Waals surface area contributed by atoms with E-state index in [9.17, 15) is 9.59 Å². The molecule has 2 atom stereocenters. The maximum Gasteiger partial charge on any atom is 0.269 e. The topological polar surface area (TPSA) is 71.1 Å². The SMILES string of the molecule is CC12CC3CC(C)(C1)CC(C(=O)NNC(=O)c1ccncc1)(C3)C2.Cl. The van der Waals surface area contributed by atoms with Crippen molar-refractivity contribution >= 4 is 24.2 Å². The van der Waals surface area contributed by atoms with E-state index in [-0.39, 0.29) is 40.5 Å². The van der Waals surface area contributed by atoms with Crippen LogP contribution in [0.4, 0.5) is 0 Å². The Morgan fingerprint density at radius 1 is 1.00 bits per heavy atom. The third kappa shape index (κ3) is 3.14. The first-order valence-corrected chi connectivity index (χ1v) is 8.83. The fourth-order valence-corrected chi connectivity index (χ4v) is 6.52. The van der Waals surface area contributed by atoms with Crippen LogP contribution in [0.15, 0.2) is 24.5 Å². The summed E-state index contributed by atoms with van der Waals surface area (Å²) in [6.07, 6.45) is 9.73. The van der Waals surface area contributed by atoms with Gasteiger partial charge in [0.05, 0.1) is 5.41 Å². The predicted molar refractivity (Wildman–Crippen MR) is 96.9 cm³/mol. The van der Waals surface area contributed by atoms with Crippen molar-refractivity contribution in [3.8, 4) is 0 Å². The van der Waals surface area contributed by atoms with Crippen molar-refractivity contribution in [1.29, 1.82) is 0 Å². The molecule has 1 aromatic heterocycles. The van der Waals surface area contributed by atoms with Crippen LogP contribution in [0.25, 0.3) is 0 Å². The number of hydrogen-bond donors (Lipinski definition) is 2. The zero-order chi connectivity index (χ0) is 17.0. The van der Waals surface area contributed by atoms with E-state index in [0.717, 1.165) is 19.3 Å². The highest BCUT2D eigenvalue weighted by atomic mass is 35.5. The number of aromatic nitrogens is 1. The molecule has 2 N–H and O–H groups in total. The Bertz CT molecular complexity index is 675. The Labute approximate surface area is 154 Å². The number of amides is 2. The highest BCUT2D eigenvalue weighted by molar-refractivity contribution is 5.95. The molecular formula is C19H26ClN3O2. The zero-order valence-electron chi connectivity index (χ0n) is 14.8. The number of rotatable bonds is 2. The number of nitrogens with one attached hydrogen (secondary N) is 2. The summed E-state index contributed by atoms with van der Waals surface area (Å²) in [5.74, 6) is 0.345. The highest BCUT2D eigenvalue weighted by Crippen LogP contribution is 2.69. The summed E-state index contributed by atoms with van der Waals surface area (Å²) in [6.45, 7) is 4.68. The molecule has 25 heavy (non-hydrogen) atoms. The number of hydrogen-bond acceptors (Lipinski definition) is 3. The first-order chi connectivity index (χ1) is 11.3. The standard InChI is InChI=1S/C19H25N3O2.ClH/c1-17-7-13-8-18(2,10-17)12-19(9-13,11-17)16(24)22-21-15(23)14-3-5-20-6-4-14;/h3-6,13H,7-12H2,1-2H3,(H,21,23)(H,22,24);1H. The lowest BCUT2D eigenvalue weighted by Gasteiger charge is -2.64. The summed E-state index contributed by atoms with van der Waals surface area (Å²) >= 11 is 0. The van der Waals surface area contributed by atoms with E-state index in [2.05, 4.69) is 29.7 Å². The molecule has 1 heterocycles. The summed E-state index contributed by atoms with van der Waals surface area (Å²) in [5, 5.41) is 0. The van der Waals surface area contributed by atoms with Crippen molar-refractivity contribution in [2.45, 2.75) is 52.4 Å². The molecule has 2 amide bonds. The number of carbonyl (C=O) groups is 2. The lowest BCUT2D eigenvalue weighted by molar-refractivity contribution is -0.170. The van der Waals surface area contributed by atoms with Gasteiger partial charge in [-0.15, -0.1) is 12.4 Å². The lowest BCUT2D eigenvalue weighted by atomic mass is 9.40. The van der Waals surface area contributed by atoms with Crippen LogP contribution >= 0.6 is 12.4 Å². The molecular weight excluding hydrogens is 338 g/mol. The first kappa shape index (κ1) is 18.2. The zero-order valence-corrected chi connectivity index (χ0v) is 15.6. The molecule has 0 aromatic carbocycles. The normalized spacial score (nSPS) is 37.9. The summed E-state index contributed by atoms with van der Waals surface area (Å²) in [6, 6.07) is 3.27. The minimum absolute atomic E-state index is 0. The van der Waals surface area contributed by atoms with Gasteiger partial charge in [-0.05, 0) is 67.4 Å². The van der Waals surface area contributed by atoms with Crippen molar-refractivity contribution in [3.63, 3.8) is 0 Å². The van der Waals surface area contributed by atoms with Gasteiger partial charge >= 0.3 is 0 Å². The van der Waals surface area contributed by atoms with E-state index >= 15 is 0 Å². The Kier molecular flexibility index (Phi) is 4.34. The molecule has 5 nitrogen and oxygen atoms in total. The van der Waals surface area contributed by atoms with Crippen molar-refractivity contribution in [2.24, 2.45) is 22.2 Å². The molecule has 0 radical (unpaired) electrons. The molecule has 136 valence electrons. The van der Waals surface area contributed by atoms with Crippen LogP contribution in [-0.2, 0) is 4.79 Å². The first-order valence-electron chi connectivity index (χ1n) is 8.83. The molecule has 4 aliphatic carbocycles. The minimum atomic E-state index is -0.311. The second-order valence-corrected chi connectivity index (χ2v) is 9.05. The number of hydrazine groups is 1. The fourth-order valence-electron chi connectivity index (χ4n) is 6.52. The molecule has 5 rings (SSSR count). The Morgan fingerprint density at radius 2 is 1.60 bits per heavy atom. The molecule has 4 saturated carbocycles. The van der Waals surface area contributed by atoms with Gasteiger partial charge in [0.2, 0.25) is 5.91 Å². The molecule has 4 bridgehead atoms. The summed E-state index contributed by atoms with van der Waals surface area (Å²) < 4.78 is 0. The monoisotopic (exact) mass is 363 g/mol. The van der Waals surface area contributed by atoms with Crippen LogP contribution in [0.1, 0.15) is 62.7 Å². The van der Waals surface area contributed by atoms with E-state index in [1.54, 1.807) is 24.5 Å². The van der Waals surface area contributed by atoms with Crippen LogP contribution in [0, 0.1) is 22.2 Å². The Morgan fingerprint density at radius 3 is 2.16 bits per heavy atom. The van der Waals surface area contributed by atoms with Gasteiger partial charge in [0, 0.05) is 18.0 Å². The molecule has 6 heteroatoms. The minimum Gasteiger partial charge on any atom is -0.273 e. The second kappa shape index (κ2) is 5.97. The Hall–Kier alpha value is -1.62. The maximum atomic E-state index is 13.0. The Balaban J connectivity index is 0.00000182. The van der Waals surface area contributed by atoms with Crippen molar-refractivity contribution in [2.75, 3.05) is 0 Å². The lowest BCUT2D eigenvalue weighted by Crippen LogP contribution is -2.61. The second-order valence-electron chi connectivity index (χ2n) is 9.05. The van der Waals surface area contributed by atoms with E-state index in [1.165, 1.54) is 19.3 Å². The smallest absolute Gasteiger partial charge is 0.269 e. The van der Waals surface area contributed by atoms with E-state index in [4.69, 9.17) is 0 Å².